The first kappa shape index (κ1) is 10.7. The molecule has 1 saturated heterocycles. The molecule has 0 radical (unpaired) electrons. The number of rotatable bonds is 0. The van der Waals surface area contributed by atoms with Crippen molar-refractivity contribution in [2.75, 3.05) is 13.2 Å². The third kappa shape index (κ3) is 5.04. The zero-order valence-electron chi connectivity index (χ0n) is 5.90. The van der Waals surface area contributed by atoms with Crippen molar-refractivity contribution < 1.29 is 47.0 Å². The summed E-state index contributed by atoms with van der Waals surface area (Å²) in [4.78, 5) is 4.13. The third-order valence-corrected chi connectivity index (χ3v) is 1.34. The maximum absolute atomic E-state index is 10.6. The van der Waals surface area contributed by atoms with Gasteiger partial charge >= 0.3 is 10.4 Å². The lowest BCUT2D eigenvalue weighted by Crippen LogP contribution is -2.13. The Bertz CT molecular complexity index is 201. The quantitative estimate of drug-likeness (QED) is 0.465. The Morgan fingerprint density at radius 1 is 0.846 bits per heavy atom. The molecule has 1 aliphatic heterocycles. The van der Waals surface area contributed by atoms with Crippen molar-refractivity contribution in [3.63, 3.8) is 0 Å². The highest BCUT2D eigenvalue weighted by molar-refractivity contribution is 7.81. The van der Waals surface area contributed by atoms with Gasteiger partial charge in [0.1, 0.15) is 6.61 Å². The Hall–Kier alpha value is -0.370. The zero-order valence-corrected chi connectivity index (χ0v) is 6.72. The van der Waals surface area contributed by atoms with Crippen LogP contribution in [0.4, 0.5) is 0 Å². The highest BCUT2D eigenvalue weighted by Crippen LogP contribution is 2.00. The van der Waals surface area contributed by atoms with Crippen LogP contribution in [0, 0.1) is 0 Å². The lowest BCUT2D eigenvalue weighted by Gasteiger charge is -1.99. The van der Waals surface area contributed by atoms with Crippen LogP contribution in [0.5, 0.6) is 0 Å². The van der Waals surface area contributed by atoms with Crippen molar-refractivity contribution in [3.8, 4) is 0 Å². The normalized spacial score (nSPS) is 26.2. The molecule has 0 aromatic carbocycles. The van der Waals surface area contributed by atoms with Gasteiger partial charge in [-0.2, -0.15) is 8.42 Å². The smallest absolute Gasteiger partial charge is 0.244 e. The molecule has 0 aromatic rings. The van der Waals surface area contributed by atoms with Gasteiger partial charge in [-0.15, -0.1) is 0 Å². The molecule has 0 N–H and O–H groups in total. The molecule has 0 bridgehead atoms. The maximum atomic E-state index is 10.6. The van der Waals surface area contributed by atoms with Crippen molar-refractivity contribution in [1.82, 2.24) is 0 Å². The van der Waals surface area contributed by atoms with E-state index in [0.717, 1.165) is 0 Å². The number of hydrogen-bond donors (Lipinski definition) is 0. The van der Waals surface area contributed by atoms with Crippen LogP contribution in [0.1, 0.15) is 0 Å². The van der Waals surface area contributed by atoms with E-state index in [0.29, 0.717) is 0 Å². The van der Waals surface area contributed by atoms with Gasteiger partial charge in [0.05, 0.1) is 6.61 Å². The van der Waals surface area contributed by atoms with Crippen molar-refractivity contribution in [1.29, 1.82) is 0 Å². The van der Waals surface area contributed by atoms with Crippen molar-refractivity contribution in [3.05, 3.63) is 0 Å². The second-order valence-electron chi connectivity index (χ2n) is 1.46. The van der Waals surface area contributed by atoms with Gasteiger partial charge in [0.25, 0.3) is 0 Å². The minimum absolute atomic E-state index is 0.244. The summed E-state index contributed by atoms with van der Waals surface area (Å²) in [7, 11) is -4.32. The largest absolute Gasteiger partial charge is 0.429 e. The van der Waals surface area contributed by atoms with E-state index in [1.54, 1.807) is 0 Å². The summed E-state index contributed by atoms with van der Waals surface area (Å²) in [5, 5.41) is 17.9. The van der Waals surface area contributed by atoms with Gasteiger partial charge in [-0.3, -0.25) is 0 Å². The van der Waals surface area contributed by atoms with Gasteiger partial charge in [0.15, 0.2) is 0 Å². The molecule has 13 heavy (non-hydrogen) atoms. The zero-order chi connectivity index (χ0) is 9.57. The maximum Gasteiger partial charge on any atom is 0.429 e. The molecular formula is C2H4O10S. The van der Waals surface area contributed by atoms with Crippen LogP contribution in [-0.4, -0.2) is 21.6 Å². The van der Waals surface area contributed by atoms with E-state index < -0.39 is 10.4 Å². The average molecular weight is 220 g/mol. The van der Waals surface area contributed by atoms with Crippen LogP contribution in [-0.2, 0) is 49.0 Å². The fraction of sp³-hybridized carbons (Fsp3) is 1.00. The topological polar surface area (TPSA) is 108 Å². The van der Waals surface area contributed by atoms with E-state index >= 15 is 0 Å². The van der Waals surface area contributed by atoms with E-state index in [2.05, 4.69) is 38.6 Å². The van der Waals surface area contributed by atoms with Crippen LogP contribution in [0.25, 0.3) is 0 Å². The molecule has 0 unspecified atom stereocenters. The SMILES string of the molecule is O=S1(=O)OCCOOOOOOO1. The summed E-state index contributed by atoms with van der Waals surface area (Å²) in [5.74, 6) is 0. The summed E-state index contributed by atoms with van der Waals surface area (Å²) < 4.78 is 28.8. The van der Waals surface area contributed by atoms with Gasteiger partial charge in [-0.05, 0) is 25.2 Å². The molecule has 0 spiro atoms. The van der Waals surface area contributed by atoms with E-state index in [1.165, 1.54) is 0 Å². The molecule has 0 aliphatic carbocycles. The lowest BCUT2D eigenvalue weighted by atomic mass is 10.8. The summed E-state index contributed by atoms with van der Waals surface area (Å²) in [6.07, 6.45) is 0. The van der Waals surface area contributed by atoms with Gasteiger partial charge in [0.2, 0.25) is 0 Å². The van der Waals surface area contributed by atoms with Crippen molar-refractivity contribution in [2.24, 2.45) is 0 Å². The fourth-order valence-corrected chi connectivity index (χ4v) is 0.725. The van der Waals surface area contributed by atoms with Crippen molar-refractivity contribution in [2.45, 2.75) is 0 Å². The summed E-state index contributed by atoms with van der Waals surface area (Å²) in [6, 6.07) is 0. The predicted octanol–water partition coefficient (Wildman–Crippen LogP) is -1.13. The predicted molar refractivity (Wildman–Crippen MR) is 27.3 cm³/mol. The Labute approximate surface area is 71.6 Å². The van der Waals surface area contributed by atoms with E-state index in [-0.39, 0.29) is 13.2 Å². The van der Waals surface area contributed by atoms with Crippen LogP contribution >= 0.6 is 0 Å². The van der Waals surface area contributed by atoms with E-state index in [9.17, 15) is 8.42 Å². The van der Waals surface area contributed by atoms with Gasteiger partial charge in [-0.1, -0.05) is 4.33 Å². The average Bonchev–Trinajstić information content (AvgIpc) is 2.10. The molecule has 0 saturated carbocycles. The minimum atomic E-state index is -4.32. The molecular weight excluding hydrogens is 216 g/mol. The Morgan fingerprint density at radius 2 is 1.54 bits per heavy atom. The number of hydrogen-bond acceptors (Lipinski definition) is 10. The summed E-state index contributed by atoms with van der Waals surface area (Å²) >= 11 is 0. The molecule has 0 amide bonds. The molecule has 10 nitrogen and oxygen atoms in total. The highest BCUT2D eigenvalue weighted by Gasteiger charge is 2.15. The molecule has 11 heteroatoms. The van der Waals surface area contributed by atoms with Gasteiger partial charge in [-0.25, -0.2) is 9.07 Å². The Balaban J connectivity index is 2.36. The second-order valence-corrected chi connectivity index (χ2v) is 2.65. The fourth-order valence-electron chi connectivity index (χ4n) is 0.323. The molecule has 0 aromatic heterocycles. The van der Waals surface area contributed by atoms with Gasteiger partial charge in [0, 0.05) is 0 Å². The van der Waals surface area contributed by atoms with E-state index in [4.69, 9.17) is 0 Å². The summed E-state index contributed by atoms with van der Waals surface area (Å²) in [5.41, 5.74) is 0. The van der Waals surface area contributed by atoms with Crippen LogP contribution in [0.15, 0.2) is 0 Å². The van der Waals surface area contributed by atoms with Crippen LogP contribution in [0.3, 0.4) is 0 Å². The standard InChI is InChI=1S/C2H4O10S/c3-13(4)6-2-1-5-7-8-9-10-11-12-13/h1-2H2. The second kappa shape index (κ2) is 5.38. The lowest BCUT2D eigenvalue weighted by molar-refractivity contribution is -0.781. The van der Waals surface area contributed by atoms with Crippen LogP contribution in [0.2, 0.25) is 0 Å². The molecule has 1 heterocycles. The highest BCUT2D eigenvalue weighted by atomic mass is 32.3. The van der Waals surface area contributed by atoms with E-state index in [1.807, 2.05) is 0 Å². The van der Waals surface area contributed by atoms with Gasteiger partial charge < -0.3 is 0 Å². The molecule has 1 rings (SSSR count). The first-order valence-electron chi connectivity index (χ1n) is 2.74. The first-order chi connectivity index (χ1) is 6.21. The third-order valence-electron chi connectivity index (χ3n) is 0.665. The molecule has 0 atom stereocenters. The van der Waals surface area contributed by atoms with Crippen molar-refractivity contribution >= 4 is 10.4 Å². The van der Waals surface area contributed by atoms with Crippen LogP contribution < -0.4 is 0 Å². The summed E-state index contributed by atoms with van der Waals surface area (Å²) in [6.45, 7) is -0.610. The molecule has 1 aliphatic rings. The minimum Gasteiger partial charge on any atom is -0.244 e. The molecule has 1 fully saturated rings. The Morgan fingerprint density at radius 3 is 2.38 bits per heavy atom. The Kier molecular flexibility index (Phi) is 4.43. The first-order valence-corrected chi connectivity index (χ1v) is 4.08. The molecule has 78 valence electrons. The monoisotopic (exact) mass is 220 g/mol.